The van der Waals surface area contributed by atoms with Crippen LogP contribution in [-0.2, 0) is 9.59 Å². The summed E-state index contributed by atoms with van der Waals surface area (Å²) in [6.07, 6.45) is 3.12. The van der Waals surface area contributed by atoms with Gasteiger partial charge in [0.1, 0.15) is 0 Å². The van der Waals surface area contributed by atoms with E-state index in [0.717, 1.165) is 6.42 Å². The van der Waals surface area contributed by atoms with Crippen LogP contribution < -0.4 is 10.6 Å². The number of hydrogen-bond donors (Lipinski definition) is 2. The Morgan fingerprint density at radius 3 is 2.37 bits per heavy atom. The van der Waals surface area contributed by atoms with E-state index in [9.17, 15) is 9.59 Å². The standard InChI is InChI=1S/C15H20N2O2/c1-4-7-11(3)15(19)17-13-9-6-8-12(10-13)16-14(18)5-2/h6-10H,4-5H2,1-3H3,(H,16,18)(H,17,19). The van der Waals surface area contributed by atoms with Crippen molar-refractivity contribution < 1.29 is 9.59 Å². The second-order valence-electron chi connectivity index (χ2n) is 4.23. The molecule has 1 rings (SSSR count). The summed E-state index contributed by atoms with van der Waals surface area (Å²) >= 11 is 0. The van der Waals surface area contributed by atoms with Crippen molar-refractivity contribution in [2.75, 3.05) is 10.6 Å². The molecule has 0 aromatic heterocycles. The smallest absolute Gasteiger partial charge is 0.250 e. The van der Waals surface area contributed by atoms with Crippen LogP contribution in [0, 0.1) is 0 Å². The zero-order valence-electron chi connectivity index (χ0n) is 11.6. The molecule has 0 atom stereocenters. The van der Waals surface area contributed by atoms with Gasteiger partial charge in [0.15, 0.2) is 0 Å². The second kappa shape index (κ2) is 7.36. The Bertz CT molecular complexity index is 493. The third-order valence-corrected chi connectivity index (χ3v) is 2.59. The van der Waals surface area contributed by atoms with E-state index >= 15 is 0 Å². The lowest BCUT2D eigenvalue weighted by atomic mass is 10.2. The molecule has 0 aliphatic carbocycles. The van der Waals surface area contributed by atoms with E-state index in [-0.39, 0.29) is 11.8 Å². The number of anilines is 2. The molecule has 0 unspecified atom stereocenters. The van der Waals surface area contributed by atoms with Gasteiger partial charge in [-0.25, -0.2) is 0 Å². The Morgan fingerprint density at radius 2 is 1.79 bits per heavy atom. The van der Waals surface area contributed by atoms with Gasteiger partial charge in [-0.05, 0) is 31.5 Å². The van der Waals surface area contributed by atoms with Crippen molar-refractivity contribution in [1.29, 1.82) is 0 Å². The van der Waals surface area contributed by atoms with Gasteiger partial charge >= 0.3 is 0 Å². The van der Waals surface area contributed by atoms with Crippen molar-refractivity contribution in [1.82, 2.24) is 0 Å². The van der Waals surface area contributed by atoms with Crippen LogP contribution in [-0.4, -0.2) is 11.8 Å². The SMILES string of the molecule is CCC=C(C)C(=O)Nc1cccc(NC(=O)CC)c1. The average Bonchev–Trinajstić information content (AvgIpc) is 2.39. The maximum atomic E-state index is 11.8. The second-order valence-corrected chi connectivity index (χ2v) is 4.23. The van der Waals surface area contributed by atoms with Gasteiger partial charge in [-0.2, -0.15) is 0 Å². The van der Waals surface area contributed by atoms with Crippen LogP contribution in [0.25, 0.3) is 0 Å². The monoisotopic (exact) mass is 260 g/mol. The molecule has 102 valence electrons. The van der Waals surface area contributed by atoms with Crippen LogP contribution in [0.4, 0.5) is 11.4 Å². The number of carbonyl (C=O) groups is 2. The number of carbonyl (C=O) groups excluding carboxylic acids is 2. The normalized spacial score (nSPS) is 11.0. The molecule has 0 fully saturated rings. The van der Waals surface area contributed by atoms with Crippen molar-refractivity contribution in [3.63, 3.8) is 0 Å². The Hall–Kier alpha value is -2.10. The molecule has 2 amide bonds. The summed E-state index contributed by atoms with van der Waals surface area (Å²) in [5.41, 5.74) is 2.04. The van der Waals surface area contributed by atoms with E-state index in [2.05, 4.69) is 10.6 Å². The van der Waals surface area contributed by atoms with E-state index in [0.29, 0.717) is 23.4 Å². The van der Waals surface area contributed by atoms with E-state index in [1.807, 2.05) is 13.0 Å². The first-order valence-electron chi connectivity index (χ1n) is 6.44. The Morgan fingerprint density at radius 1 is 1.16 bits per heavy atom. The fourth-order valence-corrected chi connectivity index (χ4v) is 1.55. The van der Waals surface area contributed by atoms with Gasteiger partial charge < -0.3 is 10.6 Å². The lowest BCUT2D eigenvalue weighted by Gasteiger charge is -2.08. The highest BCUT2D eigenvalue weighted by Gasteiger charge is 2.05. The van der Waals surface area contributed by atoms with Crippen LogP contribution in [0.1, 0.15) is 33.6 Å². The fraction of sp³-hybridized carbons (Fsp3) is 0.333. The highest BCUT2D eigenvalue weighted by molar-refractivity contribution is 6.03. The van der Waals surface area contributed by atoms with Gasteiger partial charge in [-0.3, -0.25) is 9.59 Å². The molecule has 0 aliphatic rings. The molecule has 1 aromatic carbocycles. The molecular formula is C15H20N2O2. The Kier molecular flexibility index (Phi) is 5.79. The first kappa shape index (κ1) is 15.0. The molecule has 0 heterocycles. The molecule has 0 saturated carbocycles. The van der Waals surface area contributed by atoms with Crippen molar-refractivity contribution in [2.45, 2.75) is 33.6 Å². The highest BCUT2D eigenvalue weighted by Crippen LogP contribution is 2.16. The molecule has 0 spiro atoms. The van der Waals surface area contributed by atoms with Gasteiger partial charge in [0.25, 0.3) is 5.91 Å². The largest absolute Gasteiger partial charge is 0.326 e. The van der Waals surface area contributed by atoms with Gasteiger partial charge in [0.2, 0.25) is 5.91 Å². The van der Waals surface area contributed by atoms with Crippen molar-refractivity contribution in [3.05, 3.63) is 35.9 Å². The van der Waals surface area contributed by atoms with Crippen LogP contribution >= 0.6 is 0 Å². The van der Waals surface area contributed by atoms with Gasteiger partial charge in [0.05, 0.1) is 0 Å². The summed E-state index contributed by atoms with van der Waals surface area (Å²) in [5, 5.41) is 5.55. The zero-order valence-corrected chi connectivity index (χ0v) is 11.6. The minimum Gasteiger partial charge on any atom is -0.326 e. The highest BCUT2D eigenvalue weighted by atomic mass is 16.2. The zero-order chi connectivity index (χ0) is 14.3. The molecule has 19 heavy (non-hydrogen) atoms. The van der Waals surface area contributed by atoms with E-state index in [1.54, 1.807) is 38.1 Å². The molecule has 1 aromatic rings. The Labute approximate surface area is 113 Å². The number of benzene rings is 1. The first-order valence-corrected chi connectivity index (χ1v) is 6.44. The molecule has 2 N–H and O–H groups in total. The number of amides is 2. The number of rotatable bonds is 5. The molecule has 0 aliphatic heterocycles. The summed E-state index contributed by atoms with van der Waals surface area (Å²) in [6.45, 7) is 5.55. The number of nitrogens with one attached hydrogen (secondary N) is 2. The summed E-state index contributed by atoms with van der Waals surface area (Å²) in [7, 11) is 0. The minimum absolute atomic E-state index is 0.0504. The van der Waals surface area contributed by atoms with Gasteiger partial charge in [0, 0.05) is 23.4 Å². The maximum Gasteiger partial charge on any atom is 0.250 e. The van der Waals surface area contributed by atoms with E-state index in [1.165, 1.54) is 0 Å². The molecule has 0 bridgehead atoms. The molecule has 4 nitrogen and oxygen atoms in total. The lowest BCUT2D eigenvalue weighted by Crippen LogP contribution is -2.13. The van der Waals surface area contributed by atoms with Crippen LogP contribution in [0.15, 0.2) is 35.9 Å². The number of allylic oxidation sites excluding steroid dienone is 1. The Balaban J connectivity index is 2.74. The molecule has 0 radical (unpaired) electrons. The summed E-state index contributed by atoms with van der Waals surface area (Å²) < 4.78 is 0. The quantitative estimate of drug-likeness (QED) is 0.798. The van der Waals surface area contributed by atoms with Crippen LogP contribution in [0.2, 0.25) is 0 Å². The topological polar surface area (TPSA) is 58.2 Å². The average molecular weight is 260 g/mol. The van der Waals surface area contributed by atoms with Crippen LogP contribution in [0.5, 0.6) is 0 Å². The number of hydrogen-bond acceptors (Lipinski definition) is 2. The summed E-state index contributed by atoms with van der Waals surface area (Å²) in [6, 6.07) is 7.11. The summed E-state index contributed by atoms with van der Waals surface area (Å²) in [4.78, 5) is 23.1. The minimum atomic E-state index is -0.124. The third-order valence-electron chi connectivity index (χ3n) is 2.59. The van der Waals surface area contributed by atoms with Gasteiger partial charge in [-0.15, -0.1) is 0 Å². The predicted molar refractivity (Wildman–Crippen MR) is 78.0 cm³/mol. The maximum absolute atomic E-state index is 11.8. The molecule has 4 heteroatoms. The summed E-state index contributed by atoms with van der Waals surface area (Å²) in [5.74, 6) is -0.175. The van der Waals surface area contributed by atoms with E-state index < -0.39 is 0 Å². The van der Waals surface area contributed by atoms with Crippen LogP contribution in [0.3, 0.4) is 0 Å². The molecular weight excluding hydrogens is 240 g/mol. The third kappa shape index (κ3) is 4.95. The lowest BCUT2D eigenvalue weighted by molar-refractivity contribution is -0.116. The fourth-order valence-electron chi connectivity index (χ4n) is 1.55. The van der Waals surface area contributed by atoms with Gasteiger partial charge in [-0.1, -0.05) is 26.0 Å². The van der Waals surface area contributed by atoms with Crippen molar-refractivity contribution >= 4 is 23.2 Å². The van der Waals surface area contributed by atoms with E-state index in [4.69, 9.17) is 0 Å². The predicted octanol–water partition coefficient (Wildman–Crippen LogP) is 3.33. The molecule has 0 saturated heterocycles. The van der Waals surface area contributed by atoms with Crippen molar-refractivity contribution in [3.8, 4) is 0 Å². The first-order chi connectivity index (χ1) is 9.06. The van der Waals surface area contributed by atoms with Crippen molar-refractivity contribution in [2.24, 2.45) is 0 Å².